The molecule has 1 N–H and O–H groups in total. The quantitative estimate of drug-likeness (QED) is 0.793. The molecule has 102 valence electrons. The highest BCUT2D eigenvalue weighted by Gasteiger charge is 2.22. The minimum atomic E-state index is -3.71. The Morgan fingerprint density at radius 1 is 1.26 bits per heavy atom. The van der Waals surface area contributed by atoms with Crippen LogP contribution in [-0.4, -0.2) is 8.42 Å². The smallest absolute Gasteiger partial charge is 0.272 e. The summed E-state index contributed by atoms with van der Waals surface area (Å²) in [6.45, 7) is 1.78. The van der Waals surface area contributed by atoms with Crippen LogP contribution in [-0.2, 0) is 10.0 Å². The van der Waals surface area contributed by atoms with Crippen molar-refractivity contribution in [2.45, 2.75) is 11.1 Å². The summed E-state index contributed by atoms with van der Waals surface area (Å²) < 4.78 is 27.6. The Hall–Kier alpha value is -0.270. The molecule has 0 saturated heterocycles. The Morgan fingerprint density at radius 2 is 1.95 bits per heavy atom. The van der Waals surface area contributed by atoms with Crippen molar-refractivity contribution in [2.75, 3.05) is 4.72 Å². The average Bonchev–Trinajstić information content (AvgIpc) is 2.77. The number of sulfonamides is 1. The molecule has 0 unspecified atom stereocenters. The van der Waals surface area contributed by atoms with Crippen molar-refractivity contribution in [2.24, 2.45) is 0 Å². The molecule has 0 spiro atoms. The molecule has 0 fully saturated rings. The number of thiophene rings is 1. The molecule has 0 bridgehead atoms. The van der Waals surface area contributed by atoms with Crippen molar-refractivity contribution >= 4 is 66.2 Å². The molecule has 0 atom stereocenters. The highest BCUT2D eigenvalue weighted by atomic mass is 79.9. The highest BCUT2D eigenvalue weighted by molar-refractivity contribution is 9.10. The van der Waals surface area contributed by atoms with Crippen LogP contribution in [0.3, 0.4) is 0 Å². The second-order valence-electron chi connectivity index (χ2n) is 3.71. The van der Waals surface area contributed by atoms with Gasteiger partial charge in [0, 0.05) is 4.47 Å². The molecule has 8 heteroatoms. The normalized spacial score (nSPS) is 11.6. The summed E-state index contributed by atoms with van der Waals surface area (Å²) in [5.74, 6) is 0. The maximum absolute atomic E-state index is 12.3. The number of rotatable bonds is 3. The maximum atomic E-state index is 12.3. The van der Waals surface area contributed by atoms with Crippen molar-refractivity contribution < 1.29 is 8.42 Å². The van der Waals surface area contributed by atoms with Gasteiger partial charge in [-0.2, -0.15) is 0 Å². The van der Waals surface area contributed by atoms with E-state index >= 15 is 0 Å². The molecule has 19 heavy (non-hydrogen) atoms. The number of benzene rings is 1. The van der Waals surface area contributed by atoms with E-state index in [1.807, 2.05) is 0 Å². The maximum Gasteiger partial charge on any atom is 0.272 e. The first-order valence-corrected chi connectivity index (χ1v) is 8.94. The predicted octanol–water partition coefficient (Wildman–Crippen LogP) is 4.93. The molecular formula is C11H8BrCl2NO2S2. The summed E-state index contributed by atoms with van der Waals surface area (Å²) in [5.41, 5.74) is 0.942. The summed E-state index contributed by atoms with van der Waals surface area (Å²) in [6, 6.07) is 4.99. The van der Waals surface area contributed by atoms with Gasteiger partial charge in [-0.1, -0.05) is 29.3 Å². The van der Waals surface area contributed by atoms with Crippen molar-refractivity contribution in [3.8, 4) is 0 Å². The van der Waals surface area contributed by atoms with Crippen LogP contribution in [0.5, 0.6) is 0 Å². The van der Waals surface area contributed by atoms with Gasteiger partial charge in [0.25, 0.3) is 10.0 Å². The fourth-order valence-electron chi connectivity index (χ4n) is 1.40. The van der Waals surface area contributed by atoms with Crippen LogP contribution in [0.4, 0.5) is 5.69 Å². The molecule has 3 nitrogen and oxygen atoms in total. The third-order valence-electron chi connectivity index (χ3n) is 2.35. The van der Waals surface area contributed by atoms with E-state index in [4.69, 9.17) is 23.2 Å². The fraction of sp³-hybridized carbons (Fsp3) is 0.0909. The van der Waals surface area contributed by atoms with Crippen LogP contribution in [0.25, 0.3) is 0 Å². The van der Waals surface area contributed by atoms with Crippen molar-refractivity contribution in [1.29, 1.82) is 0 Å². The monoisotopic (exact) mass is 399 g/mol. The zero-order chi connectivity index (χ0) is 14.2. The van der Waals surface area contributed by atoms with Crippen LogP contribution in [0, 0.1) is 6.92 Å². The second-order valence-corrected chi connectivity index (χ2v) is 8.15. The molecular weight excluding hydrogens is 393 g/mol. The van der Waals surface area contributed by atoms with E-state index in [-0.39, 0.29) is 14.9 Å². The van der Waals surface area contributed by atoms with Gasteiger partial charge in [0.1, 0.15) is 0 Å². The van der Waals surface area contributed by atoms with E-state index in [1.54, 1.807) is 30.5 Å². The lowest BCUT2D eigenvalue weighted by Crippen LogP contribution is -2.13. The van der Waals surface area contributed by atoms with Gasteiger partial charge < -0.3 is 0 Å². The number of aryl methyl sites for hydroxylation is 1. The SMILES string of the molecule is Cc1ccc(Cl)c(NS(=O)(=O)c2sccc2Br)c1Cl. The third-order valence-corrected chi connectivity index (χ3v) is 7.17. The Kier molecular flexibility index (Phi) is 4.47. The lowest BCUT2D eigenvalue weighted by molar-refractivity contribution is 0.603. The molecule has 2 aromatic rings. The lowest BCUT2D eigenvalue weighted by atomic mass is 10.2. The first-order valence-electron chi connectivity index (χ1n) is 5.03. The van der Waals surface area contributed by atoms with Crippen LogP contribution in [0.1, 0.15) is 5.56 Å². The zero-order valence-corrected chi connectivity index (χ0v) is 14.3. The van der Waals surface area contributed by atoms with E-state index < -0.39 is 10.0 Å². The molecule has 0 radical (unpaired) electrons. The predicted molar refractivity (Wildman–Crippen MR) is 84.0 cm³/mol. The van der Waals surface area contributed by atoms with Gasteiger partial charge in [-0.15, -0.1) is 11.3 Å². The average molecular weight is 401 g/mol. The molecule has 0 saturated carbocycles. The number of halogens is 3. The zero-order valence-electron chi connectivity index (χ0n) is 9.58. The lowest BCUT2D eigenvalue weighted by Gasteiger charge is -2.12. The van der Waals surface area contributed by atoms with Gasteiger partial charge in [0.2, 0.25) is 0 Å². The fourth-order valence-corrected chi connectivity index (χ4v) is 5.41. The molecule has 0 aliphatic rings. The van der Waals surface area contributed by atoms with Crippen molar-refractivity contribution in [3.63, 3.8) is 0 Å². The first-order chi connectivity index (χ1) is 8.83. The summed E-state index contributed by atoms with van der Waals surface area (Å²) in [5, 5.41) is 2.23. The van der Waals surface area contributed by atoms with Gasteiger partial charge >= 0.3 is 0 Å². The van der Waals surface area contributed by atoms with Crippen LogP contribution in [0.2, 0.25) is 10.0 Å². The van der Waals surface area contributed by atoms with Crippen molar-refractivity contribution in [3.05, 3.63) is 43.7 Å². The number of hydrogen-bond acceptors (Lipinski definition) is 3. The largest absolute Gasteiger partial charge is 0.276 e. The second kappa shape index (κ2) is 5.61. The van der Waals surface area contributed by atoms with Crippen LogP contribution >= 0.6 is 50.5 Å². The Morgan fingerprint density at radius 3 is 2.53 bits per heavy atom. The summed E-state index contributed by atoms with van der Waals surface area (Å²) in [7, 11) is -3.71. The third kappa shape index (κ3) is 3.08. The highest BCUT2D eigenvalue weighted by Crippen LogP contribution is 2.36. The topological polar surface area (TPSA) is 46.2 Å². The molecule has 0 amide bonds. The van der Waals surface area contributed by atoms with Crippen molar-refractivity contribution in [1.82, 2.24) is 0 Å². The number of hydrogen-bond donors (Lipinski definition) is 1. The Labute approximate surface area is 133 Å². The molecule has 1 heterocycles. The minimum absolute atomic E-state index is 0.182. The standard InChI is InChI=1S/C11H8BrCl2NO2S2/c1-6-2-3-8(13)10(9(6)14)15-19(16,17)11-7(12)4-5-18-11/h2-5,15H,1H3. The molecule has 1 aromatic heterocycles. The van der Waals surface area contributed by atoms with E-state index in [9.17, 15) is 8.42 Å². The van der Waals surface area contributed by atoms with Crippen LogP contribution in [0.15, 0.2) is 32.3 Å². The van der Waals surface area contributed by atoms with E-state index in [1.165, 1.54) is 0 Å². The van der Waals surface area contributed by atoms with Gasteiger partial charge in [-0.25, -0.2) is 8.42 Å². The summed E-state index contributed by atoms with van der Waals surface area (Å²) in [6.07, 6.45) is 0. The minimum Gasteiger partial charge on any atom is -0.276 e. The van der Waals surface area contributed by atoms with Gasteiger partial charge in [0.15, 0.2) is 4.21 Å². The van der Waals surface area contributed by atoms with E-state index in [0.29, 0.717) is 9.50 Å². The summed E-state index contributed by atoms with van der Waals surface area (Å²) >= 11 is 16.4. The number of nitrogens with one attached hydrogen (secondary N) is 1. The summed E-state index contributed by atoms with van der Waals surface area (Å²) in [4.78, 5) is 0. The Bertz CT molecular complexity index is 728. The van der Waals surface area contributed by atoms with E-state index in [2.05, 4.69) is 20.7 Å². The first kappa shape index (κ1) is 15.1. The Balaban J connectivity index is 2.48. The number of anilines is 1. The van der Waals surface area contributed by atoms with E-state index in [0.717, 1.165) is 16.9 Å². The molecule has 1 aromatic carbocycles. The van der Waals surface area contributed by atoms with Crippen LogP contribution < -0.4 is 4.72 Å². The van der Waals surface area contributed by atoms with Gasteiger partial charge in [-0.05, 0) is 45.9 Å². The molecule has 2 rings (SSSR count). The van der Waals surface area contributed by atoms with Gasteiger partial charge in [0.05, 0.1) is 15.7 Å². The molecule has 0 aliphatic heterocycles. The molecule has 0 aliphatic carbocycles. The van der Waals surface area contributed by atoms with Gasteiger partial charge in [-0.3, -0.25) is 4.72 Å².